The SMILES string of the molecule is CCOC(=O)c1[nH]c(C)c(CN(Cc2ccccc2)C(=O)c2ccccc2)c1C. The standard InChI is InChI=1S/C24H26N2O3/c1-4-29-24(28)22-17(2)21(18(3)25-22)16-26(15-19-11-7-5-8-12-19)23(27)20-13-9-6-10-14-20/h5-14,25H,4,15-16H2,1-3H3. The maximum absolute atomic E-state index is 13.2. The van der Waals surface area contributed by atoms with Crippen molar-refractivity contribution < 1.29 is 14.3 Å². The van der Waals surface area contributed by atoms with Crippen molar-refractivity contribution in [3.63, 3.8) is 0 Å². The van der Waals surface area contributed by atoms with E-state index < -0.39 is 0 Å². The number of ether oxygens (including phenoxy) is 1. The fourth-order valence-corrected chi connectivity index (χ4v) is 3.39. The first-order chi connectivity index (χ1) is 14.0. The zero-order chi connectivity index (χ0) is 20.8. The molecule has 1 aromatic heterocycles. The number of hydrogen-bond donors (Lipinski definition) is 1. The summed E-state index contributed by atoms with van der Waals surface area (Å²) in [6.07, 6.45) is 0. The van der Waals surface area contributed by atoms with Gasteiger partial charge < -0.3 is 14.6 Å². The van der Waals surface area contributed by atoms with E-state index in [1.54, 1.807) is 6.92 Å². The number of nitrogens with zero attached hydrogens (tertiary/aromatic N) is 1. The predicted octanol–water partition coefficient (Wildman–Crippen LogP) is 4.65. The third-order valence-electron chi connectivity index (χ3n) is 4.95. The Kier molecular flexibility index (Phi) is 6.50. The van der Waals surface area contributed by atoms with E-state index in [1.165, 1.54) is 0 Å². The van der Waals surface area contributed by atoms with E-state index in [0.29, 0.717) is 31.0 Å². The Labute approximate surface area is 171 Å². The van der Waals surface area contributed by atoms with E-state index in [9.17, 15) is 9.59 Å². The Hall–Kier alpha value is -3.34. The number of carbonyl (C=O) groups is 2. The molecular formula is C24H26N2O3. The summed E-state index contributed by atoms with van der Waals surface area (Å²) in [5, 5.41) is 0. The van der Waals surface area contributed by atoms with Crippen molar-refractivity contribution in [3.8, 4) is 0 Å². The van der Waals surface area contributed by atoms with Crippen LogP contribution >= 0.6 is 0 Å². The van der Waals surface area contributed by atoms with E-state index in [4.69, 9.17) is 4.74 Å². The summed E-state index contributed by atoms with van der Waals surface area (Å²) in [6, 6.07) is 19.2. The highest BCUT2D eigenvalue weighted by atomic mass is 16.5. The van der Waals surface area contributed by atoms with E-state index in [2.05, 4.69) is 4.98 Å². The van der Waals surface area contributed by atoms with Gasteiger partial charge in [-0.3, -0.25) is 4.79 Å². The first kappa shape index (κ1) is 20.4. The van der Waals surface area contributed by atoms with Crippen LogP contribution in [0.15, 0.2) is 60.7 Å². The lowest BCUT2D eigenvalue weighted by Crippen LogP contribution is -2.30. The molecule has 0 unspecified atom stereocenters. The van der Waals surface area contributed by atoms with E-state index >= 15 is 0 Å². The summed E-state index contributed by atoms with van der Waals surface area (Å²) in [7, 11) is 0. The summed E-state index contributed by atoms with van der Waals surface area (Å²) in [5.74, 6) is -0.421. The average molecular weight is 390 g/mol. The average Bonchev–Trinajstić information content (AvgIpc) is 3.02. The highest BCUT2D eigenvalue weighted by molar-refractivity contribution is 5.94. The van der Waals surface area contributed by atoms with E-state index in [1.807, 2.05) is 79.4 Å². The maximum Gasteiger partial charge on any atom is 0.355 e. The molecule has 0 spiro atoms. The van der Waals surface area contributed by atoms with Crippen LogP contribution in [0.3, 0.4) is 0 Å². The number of rotatable bonds is 7. The zero-order valence-corrected chi connectivity index (χ0v) is 17.1. The number of benzene rings is 2. The van der Waals surface area contributed by atoms with Crippen molar-refractivity contribution >= 4 is 11.9 Å². The van der Waals surface area contributed by atoms with Crippen molar-refractivity contribution in [3.05, 3.63) is 94.3 Å². The van der Waals surface area contributed by atoms with Gasteiger partial charge in [-0.05, 0) is 49.6 Å². The second kappa shape index (κ2) is 9.24. The van der Waals surface area contributed by atoms with E-state index in [-0.39, 0.29) is 11.9 Å². The summed E-state index contributed by atoms with van der Waals surface area (Å²) in [5.41, 5.74) is 4.76. The van der Waals surface area contributed by atoms with Gasteiger partial charge in [0.15, 0.2) is 0 Å². The Balaban J connectivity index is 1.93. The molecule has 0 aliphatic carbocycles. The summed E-state index contributed by atoms with van der Waals surface area (Å²) >= 11 is 0. The van der Waals surface area contributed by atoms with Gasteiger partial charge in [0.05, 0.1) is 6.61 Å². The molecule has 29 heavy (non-hydrogen) atoms. The molecule has 0 aliphatic heterocycles. The molecular weight excluding hydrogens is 364 g/mol. The fourth-order valence-electron chi connectivity index (χ4n) is 3.39. The Morgan fingerprint density at radius 3 is 2.17 bits per heavy atom. The van der Waals surface area contributed by atoms with Gasteiger partial charge in [-0.1, -0.05) is 48.5 Å². The second-order valence-corrected chi connectivity index (χ2v) is 6.96. The monoisotopic (exact) mass is 390 g/mol. The van der Waals surface area contributed by atoms with Crippen LogP contribution in [0.5, 0.6) is 0 Å². The Morgan fingerprint density at radius 1 is 0.931 bits per heavy atom. The quantitative estimate of drug-likeness (QED) is 0.597. The highest BCUT2D eigenvalue weighted by Gasteiger charge is 2.23. The normalized spacial score (nSPS) is 10.6. The minimum atomic E-state index is -0.372. The smallest absolute Gasteiger partial charge is 0.355 e. The molecule has 0 bridgehead atoms. The molecule has 0 fully saturated rings. The van der Waals surface area contributed by atoms with Crippen molar-refractivity contribution in [1.29, 1.82) is 0 Å². The Morgan fingerprint density at radius 2 is 1.55 bits per heavy atom. The van der Waals surface area contributed by atoms with Gasteiger partial charge in [-0.15, -0.1) is 0 Å². The Bertz CT molecular complexity index is 978. The topological polar surface area (TPSA) is 62.4 Å². The van der Waals surface area contributed by atoms with Gasteiger partial charge in [-0.2, -0.15) is 0 Å². The lowest BCUT2D eigenvalue weighted by atomic mass is 10.1. The van der Waals surface area contributed by atoms with Gasteiger partial charge in [0.25, 0.3) is 5.91 Å². The molecule has 0 aliphatic rings. The van der Waals surface area contributed by atoms with Crippen LogP contribution in [-0.4, -0.2) is 28.4 Å². The first-order valence-corrected chi connectivity index (χ1v) is 9.74. The van der Waals surface area contributed by atoms with Crippen molar-refractivity contribution in [2.45, 2.75) is 33.9 Å². The number of nitrogens with one attached hydrogen (secondary N) is 1. The summed E-state index contributed by atoms with van der Waals surface area (Å²) in [4.78, 5) is 30.4. The summed E-state index contributed by atoms with van der Waals surface area (Å²) < 4.78 is 5.14. The van der Waals surface area contributed by atoms with Crippen LogP contribution in [0.4, 0.5) is 0 Å². The second-order valence-electron chi connectivity index (χ2n) is 6.96. The highest BCUT2D eigenvalue weighted by Crippen LogP contribution is 2.23. The third-order valence-corrected chi connectivity index (χ3v) is 4.95. The number of H-pyrrole nitrogens is 1. The molecule has 0 saturated heterocycles. The number of esters is 1. The number of aromatic amines is 1. The largest absolute Gasteiger partial charge is 0.461 e. The van der Waals surface area contributed by atoms with Crippen molar-refractivity contribution in [1.82, 2.24) is 9.88 Å². The number of carbonyl (C=O) groups excluding carboxylic acids is 2. The molecule has 1 amide bonds. The van der Waals surface area contributed by atoms with E-state index in [0.717, 1.165) is 22.4 Å². The minimum Gasteiger partial charge on any atom is -0.461 e. The van der Waals surface area contributed by atoms with Gasteiger partial charge in [0.2, 0.25) is 0 Å². The zero-order valence-electron chi connectivity index (χ0n) is 17.1. The van der Waals surface area contributed by atoms with Gasteiger partial charge in [0.1, 0.15) is 5.69 Å². The molecule has 0 radical (unpaired) electrons. The molecule has 0 saturated carbocycles. The molecule has 1 N–H and O–H groups in total. The van der Waals surface area contributed by atoms with Crippen LogP contribution in [0.1, 0.15) is 50.2 Å². The third kappa shape index (κ3) is 4.74. The fraction of sp³-hybridized carbons (Fsp3) is 0.250. The van der Waals surface area contributed by atoms with Crippen LogP contribution in [0.2, 0.25) is 0 Å². The molecule has 2 aromatic carbocycles. The number of aryl methyl sites for hydroxylation is 1. The van der Waals surface area contributed by atoms with Crippen LogP contribution < -0.4 is 0 Å². The maximum atomic E-state index is 13.2. The lowest BCUT2D eigenvalue weighted by Gasteiger charge is -2.24. The number of hydrogen-bond acceptors (Lipinski definition) is 3. The molecule has 5 heteroatoms. The van der Waals surface area contributed by atoms with Crippen LogP contribution in [-0.2, 0) is 17.8 Å². The van der Waals surface area contributed by atoms with Crippen molar-refractivity contribution in [2.24, 2.45) is 0 Å². The predicted molar refractivity (Wildman–Crippen MR) is 113 cm³/mol. The summed E-state index contributed by atoms with van der Waals surface area (Å²) in [6.45, 7) is 6.78. The van der Waals surface area contributed by atoms with Gasteiger partial charge in [0, 0.05) is 24.3 Å². The lowest BCUT2D eigenvalue weighted by molar-refractivity contribution is 0.0519. The molecule has 1 heterocycles. The van der Waals surface area contributed by atoms with Gasteiger partial charge >= 0.3 is 5.97 Å². The molecule has 3 aromatic rings. The first-order valence-electron chi connectivity index (χ1n) is 9.74. The molecule has 150 valence electrons. The number of amides is 1. The van der Waals surface area contributed by atoms with Crippen LogP contribution in [0, 0.1) is 13.8 Å². The molecule has 0 atom stereocenters. The number of aromatic nitrogens is 1. The molecule has 3 rings (SSSR count). The molecule has 5 nitrogen and oxygen atoms in total. The van der Waals surface area contributed by atoms with Gasteiger partial charge in [-0.25, -0.2) is 4.79 Å². The van der Waals surface area contributed by atoms with Crippen LogP contribution in [0.25, 0.3) is 0 Å². The minimum absolute atomic E-state index is 0.0489. The van der Waals surface area contributed by atoms with Crippen molar-refractivity contribution in [2.75, 3.05) is 6.61 Å².